The number of sulfonamides is 1. The molecule has 0 radical (unpaired) electrons. The predicted octanol–water partition coefficient (Wildman–Crippen LogP) is 1.64. The van der Waals surface area contributed by atoms with Crippen LogP contribution >= 0.6 is 0 Å². The molecule has 1 aromatic carbocycles. The lowest BCUT2D eigenvalue weighted by Crippen LogP contribution is -2.55. The van der Waals surface area contributed by atoms with Crippen LogP contribution in [0.15, 0.2) is 30.6 Å². The number of rotatable bonds is 4. The maximum absolute atomic E-state index is 11.7. The number of nitrogens with zero attached hydrogens (tertiary/aromatic N) is 3. The summed E-state index contributed by atoms with van der Waals surface area (Å²) in [6.45, 7) is 0.532. The molecule has 1 fully saturated rings. The normalized spacial score (nSPS) is 17.2. The fourth-order valence-corrected chi connectivity index (χ4v) is 4.60. The van der Waals surface area contributed by atoms with Crippen molar-refractivity contribution in [3.8, 4) is 0 Å². The molecule has 4 rings (SSSR count). The molecule has 0 aliphatic heterocycles. The van der Waals surface area contributed by atoms with Gasteiger partial charge in [0.25, 0.3) is 0 Å². The summed E-state index contributed by atoms with van der Waals surface area (Å²) in [5, 5.41) is 0.966. The first-order valence-electron chi connectivity index (χ1n) is 7.85. The van der Waals surface area contributed by atoms with Gasteiger partial charge >= 0.3 is 0 Å². The summed E-state index contributed by atoms with van der Waals surface area (Å²) in [6, 6.07) is 7.76. The number of imidazole rings is 1. The minimum Gasteiger partial charge on any atom is -0.382 e. The van der Waals surface area contributed by atoms with Crippen LogP contribution < -0.4 is 10.5 Å². The molecule has 0 amide bonds. The summed E-state index contributed by atoms with van der Waals surface area (Å²) < 4.78 is 28.3. The number of nitrogens with one attached hydrogen (secondary N) is 1. The van der Waals surface area contributed by atoms with E-state index in [4.69, 9.17) is 5.73 Å². The van der Waals surface area contributed by atoms with Gasteiger partial charge in [0.05, 0.1) is 29.2 Å². The average molecular weight is 345 g/mol. The Morgan fingerprint density at radius 3 is 2.75 bits per heavy atom. The third-order valence-electron chi connectivity index (χ3n) is 4.67. The van der Waals surface area contributed by atoms with Gasteiger partial charge in [0.1, 0.15) is 5.52 Å². The highest BCUT2D eigenvalue weighted by atomic mass is 32.2. The third kappa shape index (κ3) is 2.51. The fourth-order valence-electron chi connectivity index (χ4n) is 3.54. The van der Waals surface area contributed by atoms with Crippen molar-refractivity contribution < 1.29 is 8.42 Å². The Kier molecular flexibility index (Phi) is 3.29. The molecule has 24 heavy (non-hydrogen) atoms. The van der Waals surface area contributed by atoms with Crippen molar-refractivity contribution in [2.24, 2.45) is 0 Å². The fraction of sp³-hybridized carbons (Fsp3) is 0.375. The molecule has 2 aromatic heterocycles. The van der Waals surface area contributed by atoms with Crippen LogP contribution in [0, 0.1) is 0 Å². The molecule has 1 aliphatic rings. The second-order valence-electron chi connectivity index (χ2n) is 6.59. The highest BCUT2D eigenvalue weighted by Gasteiger charge is 2.40. The monoisotopic (exact) mass is 345 g/mol. The molecule has 0 saturated heterocycles. The summed E-state index contributed by atoms with van der Waals surface area (Å²) in [5.41, 5.74) is 7.97. The maximum atomic E-state index is 11.7. The van der Waals surface area contributed by atoms with Gasteiger partial charge in [-0.05, 0) is 25.3 Å². The predicted molar refractivity (Wildman–Crippen MR) is 94.0 cm³/mol. The van der Waals surface area contributed by atoms with Gasteiger partial charge in [-0.25, -0.2) is 23.1 Å². The van der Waals surface area contributed by atoms with Crippen LogP contribution in [-0.2, 0) is 16.6 Å². The average Bonchev–Trinajstić information content (AvgIpc) is 2.88. The Morgan fingerprint density at radius 1 is 1.33 bits per heavy atom. The summed E-state index contributed by atoms with van der Waals surface area (Å²) in [5.74, 6) is 0.390. The first-order valence-corrected chi connectivity index (χ1v) is 9.74. The molecular formula is C16H19N5O2S. The first kappa shape index (κ1) is 15.3. The molecule has 1 saturated carbocycles. The zero-order valence-corrected chi connectivity index (χ0v) is 14.2. The topological polar surface area (TPSA) is 103 Å². The zero-order chi connectivity index (χ0) is 16.9. The zero-order valence-electron chi connectivity index (χ0n) is 13.4. The number of hydrogen-bond acceptors (Lipinski definition) is 5. The number of anilines is 1. The largest absolute Gasteiger partial charge is 0.382 e. The number of fused-ring (bicyclic) bond motifs is 3. The molecule has 8 heteroatoms. The standard InChI is InChI=1S/C16H19N5O2S/c1-24(22,23)20-16(7-4-8-16)9-21-10-18-13-14(21)11-5-2-3-6-12(11)19-15(13)17/h2-3,5-6,10,20H,4,7-9H2,1H3,(H2,17,19). The molecule has 2 heterocycles. The van der Waals surface area contributed by atoms with Crippen LogP contribution in [-0.4, -0.2) is 34.7 Å². The lowest BCUT2D eigenvalue weighted by Gasteiger charge is -2.42. The van der Waals surface area contributed by atoms with E-state index in [9.17, 15) is 8.42 Å². The molecule has 7 nitrogen and oxygen atoms in total. The summed E-state index contributed by atoms with van der Waals surface area (Å²) in [6.07, 6.45) is 5.58. The van der Waals surface area contributed by atoms with Crippen molar-refractivity contribution >= 4 is 37.8 Å². The second kappa shape index (κ2) is 5.15. The van der Waals surface area contributed by atoms with Gasteiger partial charge in [-0.1, -0.05) is 18.2 Å². The van der Waals surface area contributed by atoms with E-state index >= 15 is 0 Å². The van der Waals surface area contributed by atoms with Crippen LogP contribution in [0.3, 0.4) is 0 Å². The van der Waals surface area contributed by atoms with Crippen molar-refractivity contribution in [2.75, 3.05) is 12.0 Å². The van der Waals surface area contributed by atoms with Crippen LogP contribution in [0.1, 0.15) is 19.3 Å². The quantitative estimate of drug-likeness (QED) is 0.748. The minimum atomic E-state index is -3.27. The van der Waals surface area contributed by atoms with Crippen LogP contribution in [0.2, 0.25) is 0 Å². The summed E-state index contributed by atoms with van der Waals surface area (Å²) in [7, 11) is -3.27. The molecular weight excluding hydrogens is 326 g/mol. The first-order chi connectivity index (χ1) is 11.4. The van der Waals surface area contributed by atoms with E-state index in [0.717, 1.165) is 35.7 Å². The SMILES string of the molecule is CS(=O)(=O)NC1(Cn2cnc3c(N)nc4ccccc4c32)CCC1. The van der Waals surface area contributed by atoms with Gasteiger partial charge in [0.2, 0.25) is 10.0 Å². The molecule has 0 atom stereocenters. The molecule has 3 N–H and O–H groups in total. The van der Waals surface area contributed by atoms with Crippen LogP contribution in [0.25, 0.3) is 21.9 Å². The molecule has 1 aliphatic carbocycles. The Balaban J connectivity index is 1.85. The van der Waals surface area contributed by atoms with E-state index < -0.39 is 15.6 Å². The maximum Gasteiger partial charge on any atom is 0.209 e. The van der Waals surface area contributed by atoms with Crippen molar-refractivity contribution in [3.63, 3.8) is 0 Å². The van der Waals surface area contributed by atoms with Crippen molar-refractivity contribution in [3.05, 3.63) is 30.6 Å². The summed E-state index contributed by atoms with van der Waals surface area (Å²) in [4.78, 5) is 8.80. The van der Waals surface area contributed by atoms with E-state index in [-0.39, 0.29) is 0 Å². The number of aromatic nitrogens is 3. The number of pyridine rings is 1. The van der Waals surface area contributed by atoms with Crippen LogP contribution in [0.5, 0.6) is 0 Å². The molecule has 0 spiro atoms. The highest BCUT2D eigenvalue weighted by Crippen LogP contribution is 2.36. The van der Waals surface area contributed by atoms with E-state index in [1.807, 2.05) is 28.8 Å². The van der Waals surface area contributed by atoms with Gasteiger partial charge in [0.15, 0.2) is 5.82 Å². The Labute approximate surface area is 139 Å². The van der Waals surface area contributed by atoms with E-state index in [1.165, 1.54) is 6.26 Å². The van der Waals surface area contributed by atoms with Crippen molar-refractivity contribution in [1.82, 2.24) is 19.3 Å². The van der Waals surface area contributed by atoms with Gasteiger partial charge in [-0.15, -0.1) is 0 Å². The molecule has 3 aromatic rings. The van der Waals surface area contributed by atoms with Gasteiger partial charge in [0, 0.05) is 11.9 Å². The Bertz CT molecular complexity index is 1040. The number of benzene rings is 1. The van der Waals surface area contributed by atoms with E-state index in [1.54, 1.807) is 6.33 Å². The van der Waals surface area contributed by atoms with E-state index in [0.29, 0.717) is 17.9 Å². The van der Waals surface area contributed by atoms with Crippen LogP contribution in [0.4, 0.5) is 5.82 Å². The molecule has 126 valence electrons. The number of nitrogen functional groups attached to an aromatic ring is 1. The second-order valence-corrected chi connectivity index (χ2v) is 8.34. The molecule has 0 unspecified atom stereocenters. The van der Waals surface area contributed by atoms with Gasteiger partial charge < -0.3 is 10.3 Å². The minimum absolute atomic E-state index is 0.390. The highest BCUT2D eigenvalue weighted by molar-refractivity contribution is 7.88. The number of hydrogen-bond donors (Lipinski definition) is 2. The lowest BCUT2D eigenvalue weighted by molar-refractivity contribution is 0.193. The third-order valence-corrected chi connectivity index (χ3v) is 5.47. The smallest absolute Gasteiger partial charge is 0.209 e. The lowest BCUT2D eigenvalue weighted by atomic mass is 9.77. The van der Waals surface area contributed by atoms with Crippen molar-refractivity contribution in [2.45, 2.75) is 31.3 Å². The van der Waals surface area contributed by atoms with Gasteiger partial charge in [-0.2, -0.15) is 0 Å². The Morgan fingerprint density at radius 2 is 2.08 bits per heavy atom. The summed E-state index contributed by atoms with van der Waals surface area (Å²) >= 11 is 0. The number of para-hydroxylation sites is 1. The van der Waals surface area contributed by atoms with E-state index in [2.05, 4.69) is 14.7 Å². The van der Waals surface area contributed by atoms with Gasteiger partial charge in [-0.3, -0.25) is 0 Å². The number of nitrogens with two attached hydrogens (primary N) is 1. The van der Waals surface area contributed by atoms with Crippen molar-refractivity contribution in [1.29, 1.82) is 0 Å². The Hall–Kier alpha value is -2.19. The molecule has 0 bridgehead atoms.